The van der Waals surface area contributed by atoms with Crippen molar-refractivity contribution >= 4 is 99.3 Å². The Hall–Kier alpha value is -6.24. The summed E-state index contributed by atoms with van der Waals surface area (Å²) in [5, 5.41) is 11.0. The van der Waals surface area contributed by atoms with Gasteiger partial charge in [0.15, 0.2) is 0 Å². The molecular formula is C54H34N2S3. The molecule has 0 spiro atoms. The third-order valence-corrected chi connectivity index (χ3v) is 15.9. The zero-order chi connectivity index (χ0) is 38.6. The van der Waals surface area contributed by atoms with Gasteiger partial charge in [-0.05, 0) is 117 Å². The Morgan fingerprint density at radius 3 is 2.00 bits per heavy atom. The van der Waals surface area contributed by atoms with Gasteiger partial charge in [-0.3, -0.25) is 0 Å². The van der Waals surface area contributed by atoms with Crippen molar-refractivity contribution < 1.29 is 0 Å². The maximum absolute atomic E-state index is 2.51. The molecule has 0 N–H and O–H groups in total. The second kappa shape index (κ2) is 13.1. The third kappa shape index (κ3) is 5.22. The lowest BCUT2D eigenvalue weighted by Crippen LogP contribution is -1.99. The van der Waals surface area contributed by atoms with Gasteiger partial charge in [-0.2, -0.15) is 0 Å². The Bertz CT molecular complexity index is 3630. The molecule has 0 fully saturated rings. The van der Waals surface area contributed by atoms with E-state index >= 15 is 0 Å². The zero-order valence-electron chi connectivity index (χ0n) is 31.9. The number of benzene rings is 8. The number of thioether (sulfide) groups is 2. The molecule has 1 aliphatic heterocycles. The van der Waals surface area contributed by atoms with E-state index in [9.17, 15) is 0 Å². The van der Waals surface area contributed by atoms with Gasteiger partial charge in [0.1, 0.15) is 0 Å². The Morgan fingerprint density at radius 2 is 1.17 bits per heavy atom. The average molecular weight is 807 g/mol. The summed E-state index contributed by atoms with van der Waals surface area (Å²) in [6.45, 7) is 0. The number of para-hydroxylation sites is 2. The van der Waals surface area contributed by atoms with Gasteiger partial charge in [0, 0.05) is 57.2 Å². The van der Waals surface area contributed by atoms with Crippen molar-refractivity contribution in [2.24, 2.45) is 0 Å². The zero-order valence-corrected chi connectivity index (χ0v) is 34.3. The molecule has 0 unspecified atom stereocenters. The molecule has 278 valence electrons. The number of hydrogen-bond acceptors (Lipinski definition) is 3. The van der Waals surface area contributed by atoms with Crippen LogP contribution in [-0.2, 0) is 0 Å². The second-order valence-corrected chi connectivity index (χ2v) is 18.7. The summed E-state index contributed by atoms with van der Waals surface area (Å²) in [6, 6.07) is 61.4. The number of fused-ring (bicyclic) bond motifs is 10. The highest BCUT2D eigenvalue weighted by Gasteiger charge is 2.23. The van der Waals surface area contributed by atoms with Crippen molar-refractivity contribution in [2.75, 3.05) is 0 Å². The fraction of sp³-hybridized carbons (Fsp3) is 0.0370. The largest absolute Gasteiger partial charge is 0.307 e. The van der Waals surface area contributed by atoms with Crippen LogP contribution >= 0.6 is 34.9 Å². The Balaban J connectivity index is 1.01. The fourth-order valence-corrected chi connectivity index (χ4v) is 12.9. The molecule has 2 aliphatic rings. The lowest BCUT2D eigenvalue weighted by atomic mass is 10.00. The number of rotatable bonds is 4. The van der Waals surface area contributed by atoms with Crippen molar-refractivity contribution in [3.05, 3.63) is 191 Å². The van der Waals surface area contributed by atoms with E-state index in [4.69, 9.17) is 0 Å². The van der Waals surface area contributed by atoms with Gasteiger partial charge >= 0.3 is 0 Å². The van der Waals surface area contributed by atoms with Gasteiger partial charge in [-0.15, -0.1) is 11.3 Å². The minimum absolute atomic E-state index is 1.13. The van der Waals surface area contributed by atoms with Gasteiger partial charge in [-0.25, -0.2) is 0 Å². The Morgan fingerprint density at radius 1 is 0.458 bits per heavy atom. The molecule has 1 aliphatic carbocycles. The van der Waals surface area contributed by atoms with E-state index in [-0.39, 0.29) is 0 Å². The minimum Gasteiger partial charge on any atom is -0.307 e. The lowest BCUT2D eigenvalue weighted by Gasteiger charge is -2.23. The van der Waals surface area contributed by atoms with E-state index in [1.54, 1.807) is 0 Å². The maximum atomic E-state index is 2.51. The van der Waals surface area contributed by atoms with Crippen molar-refractivity contribution in [3.8, 4) is 33.6 Å². The van der Waals surface area contributed by atoms with Crippen LogP contribution in [-0.4, -0.2) is 9.13 Å². The molecule has 8 aromatic carbocycles. The topological polar surface area (TPSA) is 9.86 Å². The van der Waals surface area contributed by atoms with E-state index in [1.165, 1.54) is 106 Å². The quantitative estimate of drug-likeness (QED) is 0.175. The first-order chi connectivity index (χ1) is 29.2. The normalized spacial score (nSPS) is 14.0. The molecule has 13 rings (SSSR count). The summed E-state index contributed by atoms with van der Waals surface area (Å²) in [5.74, 6) is 0. The predicted molar refractivity (Wildman–Crippen MR) is 256 cm³/mol. The Kier molecular flexibility index (Phi) is 7.50. The molecule has 11 aromatic rings. The van der Waals surface area contributed by atoms with Gasteiger partial charge in [-0.1, -0.05) is 139 Å². The molecule has 0 bridgehead atoms. The van der Waals surface area contributed by atoms with Gasteiger partial charge in [0.2, 0.25) is 0 Å². The van der Waals surface area contributed by atoms with E-state index in [0.717, 1.165) is 24.2 Å². The molecule has 0 saturated heterocycles. The van der Waals surface area contributed by atoms with Crippen LogP contribution in [0.2, 0.25) is 0 Å². The van der Waals surface area contributed by atoms with Crippen LogP contribution in [0.3, 0.4) is 0 Å². The van der Waals surface area contributed by atoms with E-state index in [1.807, 2.05) is 34.9 Å². The van der Waals surface area contributed by atoms with Crippen LogP contribution in [0.5, 0.6) is 0 Å². The highest BCUT2D eigenvalue weighted by atomic mass is 32.2. The molecule has 4 heterocycles. The number of hydrogen-bond donors (Lipinski definition) is 0. The van der Waals surface area contributed by atoms with E-state index < -0.39 is 0 Å². The van der Waals surface area contributed by atoms with Crippen LogP contribution in [0.15, 0.2) is 201 Å². The van der Waals surface area contributed by atoms with Gasteiger partial charge in [0.25, 0.3) is 0 Å². The second-order valence-electron chi connectivity index (χ2n) is 15.6. The molecular weight excluding hydrogens is 773 g/mol. The highest BCUT2D eigenvalue weighted by Crippen LogP contribution is 2.51. The van der Waals surface area contributed by atoms with Crippen molar-refractivity contribution in [3.63, 3.8) is 0 Å². The molecule has 2 nitrogen and oxygen atoms in total. The van der Waals surface area contributed by atoms with E-state index in [2.05, 4.69) is 190 Å². The van der Waals surface area contributed by atoms with Crippen LogP contribution < -0.4 is 0 Å². The Labute approximate surface area is 353 Å². The number of allylic oxidation sites excluding steroid dienone is 3. The smallest absolute Gasteiger partial charge is 0.0788 e. The molecule has 59 heavy (non-hydrogen) atoms. The summed E-state index contributed by atoms with van der Waals surface area (Å²) >= 11 is 5.69. The minimum atomic E-state index is 1.13. The van der Waals surface area contributed by atoms with Crippen molar-refractivity contribution in [1.29, 1.82) is 0 Å². The predicted octanol–water partition coefficient (Wildman–Crippen LogP) is 16.3. The van der Waals surface area contributed by atoms with E-state index in [0.29, 0.717) is 0 Å². The monoisotopic (exact) mass is 806 g/mol. The molecule has 5 heteroatoms. The SMILES string of the molecule is C1=CC2=C(CC1)Sc1cc(-c3cccc(-n4c5ccccc5c5ccc6c7ccccc7n(-c7ccc8cc(-c9cccc%10ccsc9%10)ccc8c7)c6c54)c3)ccc1S2. The molecule has 0 saturated carbocycles. The summed E-state index contributed by atoms with van der Waals surface area (Å²) in [5.41, 5.74) is 12.2. The molecule has 3 aromatic heterocycles. The first kappa shape index (κ1) is 33.7. The molecule has 0 atom stereocenters. The van der Waals surface area contributed by atoms with Crippen molar-refractivity contribution in [1.82, 2.24) is 9.13 Å². The average Bonchev–Trinajstić information content (AvgIpc) is 4.01. The summed E-state index contributed by atoms with van der Waals surface area (Å²) in [6.07, 6.45) is 6.88. The maximum Gasteiger partial charge on any atom is 0.0788 e. The standard InChI is InChI=1S/C54H34N2S3/c1-3-15-46-42(12-1)44-24-25-45-43-13-2-4-16-47(43)56(40-23-21-35-29-38(20-19-36(35)31-40)41-14-8-9-33-27-28-57-54(33)41)53(45)52(44)55(46)39-11-7-10-34(30-39)37-22-26-50-51(32-37)59-49-18-6-5-17-48(49)58-50/h1-5,7-17,19-32H,6,18H2. The molecule has 0 radical (unpaired) electrons. The van der Waals surface area contributed by atoms with Gasteiger partial charge in [0.05, 0.1) is 22.1 Å². The summed E-state index contributed by atoms with van der Waals surface area (Å²) < 4.78 is 6.36. The fourth-order valence-electron chi connectivity index (χ4n) is 9.54. The number of aromatic nitrogens is 2. The summed E-state index contributed by atoms with van der Waals surface area (Å²) in [7, 11) is 0. The van der Waals surface area contributed by atoms with Crippen LogP contribution in [0.1, 0.15) is 12.8 Å². The number of nitrogens with zero attached hydrogens (tertiary/aromatic N) is 2. The molecule has 0 amide bonds. The summed E-state index contributed by atoms with van der Waals surface area (Å²) in [4.78, 5) is 5.63. The van der Waals surface area contributed by atoms with Crippen LogP contribution in [0.4, 0.5) is 0 Å². The highest BCUT2D eigenvalue weighted by molar-refractivity contribution is 8.09. The first-order valence-corrected chi connectivity index (χ1v) is 22.7. The van der Waals surface area contributed by atoms with Crippen LogP contribution in [0.25, 0.3) is 98.1 Å². The number of thiophene rings is 1. The first-order valence-electron chi connectivity index (χ1n) is 20.2. The van der Waals surface area contributed by atoms with Crippen molar-refractivity contribution in [2.45, 2.75) is 22.6 Å². The third-order valence-electron chi connectivity index (χ3n) is 12.3. The van der Waals surface area contributed by atoms with Crippen LogP contribution in [0, 0.1) is 0 Å². The van der Waals surface area contributed by atoms with Gasteiger partial charge < -0.3 is 9.13 Å². The lowest BCUT2D eigenvalue weighted by molar-refractivity contribution is 1.01.